The van der Waals surface area contributed by atoms with E-state index in [1.807, 2.05) is 55.5 Å². The predicted molar refractivity (Wildman–Crippen MR) is 106 cm³/mol. The first-order valence-electron chi connectivity index (χ1n) is 8.90. The summed E-state index contributed by atoms with van der Waals surface area (Å²) in [6, 6.07) is 15.0. The molecule has 0 radical (unpaired) electrons. The Hall–Kier alpha value is -3.54. The number of H-pyrrole nitrogens is 1. The van der Waals surface area contributed by atoms with Gasteiger partial charge in [-0.2, -0.15) is 0 Å². The molecule has 0 saturated carbocycles. The van der Waals surface area contributed by atoms with Crippen LogP contribution < -0.4 is 10.1 Å². The van der Waals surface area contributed by atoms with Gasteiger partial charge in [0.2, 0.25) is 5.91 Å². The van der Waals surface area contributed by atoms with Gasteiger partial charge < -0.3 is 19.8 Å². The summed E-state index contributed by atoms with van der Waals surface area (Å²) in [5.74, 6) is -0.515. The number of aryl methyl sites for hydroxylation is 1. The van der Waals surface area contributed by atoms with Crippen LogP contribution in [0.3, 0.4) is 0 Å². The Balaban J connectivity index is 1.96. The molecule has 0 bridgehead atoms. The average Bonchev–Trinajstić information content (AvgIpc) is 3.22. The number of esters is 1. The van der Waals surface area contributed by atoms with Crippen molar-refractivity contribution in [1.29, 1.82) is 0 Å². The fourth-order valence-corrected chi connectivity index (χ4v) is 3.78. The number of benzene rings is 2. The second-order valence-electron chi connectivity index (χ2n) is 6.64. The molecule has 1 aromatic heterocycles. The van der Waals surface area contributed by atoms with Gasteiger partial charge in [-0.25, -0.2) is 4.79 Å². The first-order chi connectivity index (χ1) is 13.5. The quantitative estimate of drug-likeness (QED) is 0.678. The topological polar surface area (TPSA) is 80.4 Å². The molecule has 0 unspecified atom stereocenters. The van der Waals surface area contributed by atoms with Crippen molar-refractivity contribution in [2.24, 2.45) is 0 Å². The van der Waals surface area contributed by atoms with E-state index in [0.29, 0.717) is 16.8 Å². The lowest BCUT2D eigenvalue weighted by Crippen LogP contribution is -2.17. The van der Waals surface area contributed by atoms with Crippen molar-refractivity contribution in [2.75, 3.05) is 19.5 Å². The van der Waals surface area contributed by atoms with Crippen molar-refractivity contribution < 1.29 is 19.1 Å². The number of methoxy groups -OCH3 is 2. The Kier molecular flexibility index (Phi) is 4.39. The van der Waals surface area contributed by atoms with Gasteiger partial charge in [-0.1, -0.05) is 18.2 Å². The van der Waals surface area contributed by atoms with Crippen LogP contribution in [-0.4, -0.2) is 31.1 Å². The summed E-state index contributed by atoms with van der Waals surface area (Å²) in [6.07, 6.45) is 0. The number of carbonyl (C=O) groups is 2. The van der Waals surface area contributed by atoms with Gasteiger partial charge in [-0.3, -0.25) is 4.79 Å². The van der Waals surface area contributed by atoms with Crippen LogP contribution in [0, 0.1) is 6.92 Å². The zero-order valence-corrected chi connectivity index (χ0v) is 15.8. The molecule has 1 atom stereocenters. The maximum atomic E-state index is 12.9. The molecule has 2 heterocycles. The Bertz CT molecular complexity index is 1070. The average molecular weight is 376 g/mol. The Morgan fingerprint density at radius 1 is 1.04 bits per heavy atom. The number of anilines is 1. The van der Waals surface area contributed by atoms with Crippen LogP contribution in [0.5, 0.6) is 5.75 Å². The molecule has 6 heteroatoms. The molecule has 2 N–H and O–H groups in total. The van der Waals surface area contributed by atoms with E-state index >= 15 is 0 Å². The van der Waals surface area contributed by atoms with Gasteiger partial charge in [0.15, 0.2) is 0 Å². The van der Waals surface area contributed by atoms with Crippen molar-refractivity contribution in [3.63, 3.8) is 0 Å². The molecular weight excluding hydrogens is 356 g/mol. The van der Waals surface area contributed by atoms with E-state index in [9.17, 15) is 9.59 Å². The summed E-state index contributed by atoms with van der Waals surface area (Å²) in [5, 5.41) is 2.91. The minimum Gasteiger partial charge on any atom is -0.497 e. The van der Waals surface area contributed by atoms with E-state index in [1.54, 1.807) is 7.11 Å². The van der Waals surface area contributed by atoms with Gasteiger partial charge in [-0.05, 0) is 48.4 Å². The number of para-hydroxylation sites is 1. The lowest BCUT2D eigenvalue weighted by molar-refractivity contribution is -0.116. The van der Waals surface area contributed by atoms with Gasteiger partial charge in [0.05, 0.1) is 31.4 Å². The number of hydrogen-bond donors (Lipinski definition) is 2. The SMILES string of the molecule is COC(=O)c1c(C)[nH]c(-c2ccc(OC)cc2)c1[C@H]1C(=O)Nc2ccccc21. The molecule has 142 valence electrons. The minimum absolute atomic E-state index is 0.167. The molecule has 1 aliphatic heterocycles. The number of rotatable bonds is 4. The molecule has 1 amide bonds. The Morgan fingerprint density at radius 2 is 1.75 bits per heavy atom. The van der Waals surface area contributed by atoms with E-state index in [1.165, 1.54) is 7.11 Å². The van der Waals surface area contributed by atoms with Gasteiger partial charge in [0.25, 0.3) is 0 Å². The van der Waals surface area contributed by atoms with E-state index in [0.717, 1.165) is 28.3 Å². The molecule has 3 aromatic rings. The largest absolute Gasteiger partial charge is 0.497 e. The standard InChI is InChI=1S/C22H20N2O4/c1-12-17(22(26)28-3)19(18-15-6-4-5-7-16(15)24-21(18)25)20(23-12)13-8-10-14(27-2)11-9-13/h4-11,18,23H,1-3H3,(H,24,25)/t18-/m0/s1. The van der Waals surface area contributed by atoms with Crippen LogP contribution >= 0.6 is 0 Å². The highest BCUT2D eigenvalue weighted by Gasteiger charge is 2.38. The van der Waals surface area contributed by atoms with Crippen molar-refractivity contribution >= 4 is 17.6 Å². The van der Waals surface area contributed by atoms with Gasteiger partial charge in [-0.15, -0.1) is 0 Å². The highest BCUT2D eigenvalue weighted by atomic mass is 16.5. The number of ether oxygens (including phenoxy) is 2. The second kappa shape index (κ2) is 6.88. The molecule has 1 aliphatic rings. The van der Waals surface area contributed by atoms with Crippen LogP contribution in [-0.2, 0) is 9.53 Å². The van der Waals surface area contributed by atoms with Crippen molar-refractivity contribution in [2.45, 2.75) is 12.8 Å². The highest BCUT2D eigenvalue weighted by molar-refractivity contribution is 6.08. The van der Waals surface area contributed by atoms with E-state index in [4.69, 9.17) is 9.47 Å². The second-order valence-corrected chi connectivity index (χ2v) is 6.64. The molecule has 4 rings (SSSR count). The number of carbonyl (C=O) groups excluding carboxylic acids is 2. The Labute approximate surface area is 162 Å². The number of hydrogen-bond acceptors (Lipinski definition) is 4. The van der Waals surface area contributed by atoms with Crippen LogP contribution in [0.25, 0.3) is 11.3 Å². The van der Waals surface area contributed by atoms with Crippen LogP contribution in [0.4, 0.5) is 5.69 Å². The third-order valence-electron chi connectivity index (χ3n) is 5.07. The molecule has 0 spiro atoms. The van der Waals surface area contributed by atoms with E-state index < -0.39 is 11.9 Å². The normalized spacial score (nSPS) is 15.1. The summed E-state index contributed by atoms with van der Waals surface area (Å²) in [4.78, 5) is 28.8. The summed E-state index contributed by atoms with van der Waals surface area (Å²) in [6.45, 7) is 1.81. The molecule has 0 aliphatic carbocycles. The van der Waals surface area contributed by atoms with E-state index in [2.05, 4.69) is 10.3 Å². The lowest BCUT2D eigenvalue weighted by atomic mass is 9.87. The third-order valence-corrected chi connectivity index (χ3v) is 5.07. The van der Waals surface area contributed by atoms with Crippen molar-refractivity contribution in [1.82, 2.24) is 4.98 Å². The number of aromatic amines is 1. The first-order valence-corrected chi connectivity index (χ1v) is 8.90. The van der Waals surface area contributed by atoms with Gasteiger partial charge in [0, 0.05) is 16.9 Å². The predicted octanol–water partition coefficient (Wildman–Crippen LogP) is 3.87. The molecule has 6 nitrogen and oxygen atoms in total. The van der Waals surface area contributed by atoms with E-state index in [-0.39, 0.29) is 5.91 Å². The van der Waals surface area contributed by atoms with Gasteiger partial charge in [0.1, 0.15) is 5.75 Å². The number of nitrogens with one attached hydrogen (secondary N) is 2. The maximum Gasteiger partial charge on any atom is 0.340 e. The third kappa shape index (κ3) is 2.74. The van der Waals surface area contributed by atoms with Crippen molar-refractivity contribution in [3.8, 4) is 17.0 Å². The summed E-state index contributed by atoms with van der Waals surface area (Å²) < 4.78 is 10.3. The summed E-state index contributed by atoms with van der Waals surface area (Å²) >= 11 is 0. The molecular formula is C22H20N2O4. The summed E-state index contributed by atoms with van der Waals surface area (Å²) in [5.41, 5.74) is 4.84. The van der Waals surface area contributed by atoms with Crippen LogP contribution in [0.1, 0.15) is 33.1 Å². The molecule has 0 saturated heterocycles. The van der Waals surface area contributed by atoms with Crippen molar-refractivity contribution in [3.05, 3.63) is 70.9 Å². The maximum absolute atomic E-state index is 12.9. The number of amides is 1. The highest BCUT2D eigenvalue weighted by Crippen LogP contribution is 2.43. The molecule has 2 aromatic carbocycles. The lowest BCUT2D eigenvalue weighted by Gasteiger charge is -2.14. The fraction of sp³-hybridized carbons (Fsp3) is 0.182. The smallest absolute Gasteiger partial charge is 0.340 e. The van der Waals surface area contributed by atoms with Crippen LogP contribution in [0.2, 0.25) is 0 Å². The fourth-order valence-electron chi connectivity index (χ4n) is 3.78. The van der Waals surface area contributed by atoms with Crippen LogP contribution in [0.15, 0.2) is 48.5 Å². The number of aromatic nitrogens is 1. The van der Waals surface area contributed by atoms with Gasteiger partial charge >= 0.3 is 5.97 Å². The summed E-state index contributed by atoms with van der Waals surface area (Å²) in [7, 11) is 2.95. The monoisotopic (exact) mass is 376 g/mol. The minimum atomic E-state index is -0.604. The molecule has 0 fully saturated rings. The first kappa shape index (κ1) is 17.9. The molecule has 28 heavy (non-hydrogen) atoms. The number of fused-ring (bicyclic) bond motifs is 1. The zero-order chi connectivity index (χ0) is 19.8. The Morgan fingerprint density at radius 3 is 2.43 bits per heavy atom. The zero-order valence-electron chi connectivity index (χ0n) is 15.8.